The average Bonchev–Trinajstić information content (AvgIpc) is 3.03. The Morgan fingerprint density at radius 2 is 1.77 bits per heavy atom. The molecule has 2 aromatic rings. The molecule has 0 radical (unpaired) electrons. The van der Waals surface area contributed by atoms with Crippen LogP contribution in [0.4, 0.5) is 0 Å². The van der Waals surface area contributed by atoms with Crippen molar-refractivity contribution in [2.24, 2.45) is 11.7 Å². The molecule has 1 aliphatic rings. The van der Waals surface area contributed by atoms with Crippen molar-refractivity contribution in [3.63, 3.8) is 0 Å². The maximum absolute atomic E-state index is 13.1. The summed E-state index contributed by atoms with van der Waals surface area (Å²) in [5.74, 6) is -0.0111. The summed E-state index contributed by atoms with van der Waals surface area (Å²) >= 11 is 0. The van der Waals surface area contributed by atoms with E-state index in [1.165, 1.54) is 0 Å². The second-order valence-electron chi connectivity index (χ2n) is 6.87. The molecule has 1 aliphatic heterocycles. The number of nitrogens with zero attached hydrogens (tertiary/aromatic N) is 1. The maximum Gasteiger partial charge on any atom is 0.254 e. The molecule has 138 valence electrons. The lowest BCUT2D eigenvalue weighted by Crippen LogP contribution is -2.35. The van der Waals surface area contributed by atoms with Gasteiger partial charge in [-0.15, -0.1) is 0 Å². The summed E-state index contributed by atoms with van der Waals surface area (Å²) in [5.41, 5.74) is 6.74. The summed E-state index contributed by atoms with van der Waals surface area (Å²) in [4.78, 5) is 15.1. The number of rotatable bonds is 5. The third-order valence-corrected chi connectivity index (χ3v) is 6.63. The number of carbonyl (C=O) groups is 1. The number of benzene rings is 2. The lowest BCUT2D eigenvalue weighted by atomic mass is 10.1. The minimum absolute atomic E-state index is 0.106. The van der Waals surface area contributed by atoms with E-state index < -0.39 is 9.84 Å². The van der Waals surface area contributed by atoms with Gasteiger partial charge in [0.05, 0.1) is 10.6 Å². The van der Waals surface area contributed by atoms with E-state index in [0.717, 1.165) is 6.42 Å². The van der Waals surface area contributed by atoms with Crippen molar-refractivity contribution in [1.29, 1.82) is 0 Å². The second-order valence-corrected chi connectivity index (χ2v) is 8.86. The Bertz CT molecular complexity index is 881. The van der Waals surface area contributed by atoms with Crippen LogP contribution in [-0.4, -0.2) is 38.4 Å². The molecule has 5 nitrogen and oxygen atoms in total. The Balaban J connectivity index is 1.88. The van der Waals surface area contributed by atoms with E-state index in [9.17, 15) is 13.2 Å². The molecule has 0 spiro atoms. The van der Waals surface area contributed by atoms with Crippen molar-refractivity contribution in [1.82, 2.24) is 4.90 Å². The van der Waals surface area contributed by atoms with Gasteiger partial charge in [0, 0.05) is 18.2 Å². The smallest absolute Gasteiger partial charge is 0.254 e. The summed E-state index contributed by atoms with van der Waals surface area (Å²) in [6.07, 6.45) is 0.882. The molecule has 1 heterocycles. The molecule has 2 atom stereocenters. The lowest BCUT2D eigenvalue weighted by molar-refractivity contribution is 0.0742. The van der Waals surface area contributed by atoms with Crippen molar-refractivity contribution >= 4 is 15.7 Å². The third kappa shape index (κ3) is 3.81. The highest BCUT2D eigenvalue weighted by Gasteiger charge is 2.33. The SMILES string of the molecule is CC1CC(CN)CN1C(=O)c1ccccc1CS(=O)(=O)c1ccccc1. The van der Waals surface area contributed by atoms with Crippen LogP contribution in [0.15, 0.2) is 59.5 Å². The first-order valence-electron chi connectivity index (χ1n) is 8.79. The van der Waals surface area contributed by atoms with Crippen LogP contribution in [0.1, 0.15) is 29.3 Å². The average molecular weight is 372 g/mol. The van der Waals surface area contributed by atoms with E-state index >= 15 is 0 Å². The number of hydrogen-bond donors (Lipinski definition) is 1. The predicted molar refractivity (Wildman–Crippen MR) is 101 cm³/mol. The number of sulfone groups is 1. The normalized spacial score (nSPS) is 20.3. The summed E-state index contributed by atoms with van der Waals surface area (Å²) in [6.45, 7) is 3.19. The monoisotopic (exact) mass is 372 g/mol. The highest BCUT2D eigenvalue weighted by atomic mass is 32.2. The molecule has 1 amide bonds. The Morgan fingerprint density at radius 3 is 2.42 bits per heavy atom. The van der Waals surface area contributed by atoms with Gasteiger partial charge in [-0.05, 0) is 49.6 Å². The van der Waals surface area contributed by atoms with Gasteiger partial charge in [-0.2, -0.15) is 0 Å². The molecule has 3 rings (SSSR count). The zero-order valence-electron chi connectivity index (χ0n) is 14.8. The highest BCUT2D eigenvalue weighted by Crippen LogP contribution is 2.26. The van der Waals surface area contributed by atoms with Crippen molar-refractivity contribution in [3.05, 3.63) is 65.7 Å². The number of likely N-dealkylation sites (tertiary alicyclic amines) is 1. The first-order chi connectivity index (χ1) is 12.4. The predicted octanol–water partition coefficient (Wildman–Crippen LogP) is 2.47. The van der Waals surface area contributed by atoms with Crippen LogP contribution in [-0.2, 0) is 15.6 Å². The highest BCUT2D eigenvalue weighted by molar-refractivity contribution is 7.90. The van der Waals surface area contributed by atoms with Gasteiger partial charge in [-0.3, -0.25) is 4.79 Å². The molecule has 26 heavy (non-hydrogen) atoms. The van der Waals surface area contributed by atoms with E-state index in [1.54, 1.807) is 54.6 Å². The van der Waals surface area contributed by atoms with Crippen LogP contribution in [0.3, 0.4) is 0 Å². The Hall–Kier alpha value is -2.18. The molecule has 0 saturated carbocycles. The van der Waals surface area contributed by atoms with Crippen LogP contribution in [0, 0.1) is 5.92 Å². The summed E-state index contributed by atoms with van der Waals surface area (Å²) < 4.78 is 25.4. The fourth-order valence-corrected chi connectivity index (χ4v) is 4.92. The second kappa shape index (κ2) is 7.60. The van der Waals surface area contributed by atoms with Crippen LogP contribution in [0.5, 0.6) is 0 Å². The minimum atomic E-state index is -3.51. The Kier molecular flexibility index (Phi) is 5.44. The molecule has 0 bridgehead atoms. The zero-order chi connectivity index (χ0) is 18.7. The topological polar surface area (TPSA) is 80.5 Å². The van der Waals surface area contributed by atoms with Crippen molar-refractivity contribution in [3.8, 4) is 0 Å². The van der Waals surface area contributed by atoms with Crippen molar-refractivity contribution < 1.29 is 13.2 Å². The van der Waals surface area contributed by atoms with Gasteiger partial charge in [-0.1, -0.05) is 36.4 Å². The maximum atomic E-state index is 13.1. The lowest BCUT2D eigenvalue weighted by Gasteiger charge is -2.23. The number of carbonyl (C=O) groups excluding carboxylic acids is 1. The van der Waals surface area contributed by atoms with Crippen molar-refractivity contribution in [2.45, 2.75) is 30.0 Å². The van der Waals surface area contributed by atoms with E-state index in [4.69, 9.17) is 5.73 Å². The van der Waals surface area contributed by atoms with E-state index in [-0.39, 0.29) is 22.6 Å². The zero-order valence-corrected chi connectivity index (χ0v) is 15.7. The molecule has 1 fully saturated rings. The quantitative estimate of drug-likeness (QED) is 0.874. The van der Waals surface area contributed by atoms with Gasteiger partial charge in [0.2, 0.25) is 0 Å². The number of hydrogen-bond acceptors (Lipinski definition) is 4. The molecule has 2 N–H and O–H groups in total. The molecule has 0 aromatic heterocycles. The third-order valence-electron chi connectivity index (χ3n) is 4.95. The molecular weight excluding hydrogens is 348 g/mol. The van der Waals surface area contributed by atoms with E-state index in [2.05, 4.69) is 0 Å². The van der Waals surface area contributed by atoms with Gasteiger partial charge < -0.3 is 10.6 Å². The van der Waals surface area contributed by atoms with E-state index in [1.807, 2.05) is 11.8 Å². The van der Waals surface area contributed by atoms with Gasteiger partial charge in [0.25, 0.3) is 5.91 Å². The molecule has 2 unspecified atom stereocenters. The summed E-state index contributed by atoms with van der Waals surface area (Å²) in [7, 11) is -3.51. The summed E-state index contributed by atoms with van der Waals surface area (Å²) in [5, 5.41) is 0. The molecular formula is C20H24N2O3S. The fraction of sp³-hybridized carbons (Fsp3) is 0.350. The first-order valence-corrected chi connectivity index (χ1v) is 10.4. The molecule has 6 heteroatoms. The molecule has 1 saturated heterocycles. The van der Waals surface area contributed by atoms with Crippen LogP contribution in [0.25, 0.3) is 0 Å². The molecule has 2 aromatic carbocycles. The Morgan fingerprint density at radius 1 is 1.12 bits per heavy atom. The van der Waals surface area contributed by atoms with Crippen LogP contribution >= 0.6 is 0 Å². The van der Waals surface area contributed by atoms with Crippen LogP contribution < -0.4 is 5.73 Å². The van der Waals surface area contributed by atoms with Gasteiger partial charge >= 0.3 is 0 Å². The van der Waals surface area contributed by atoms with Gasteiger partial charge in [0.1, 0.15) is 0 Å². The Labute approximate surface area is 154 Å². The van der Waals surface area contributed by atoms with E-state index in [0.29, 0.717) is 30.1 Å². The number of amides is 1. The molecule has 0 aliphatic carbocycles. The first kappa shape index (κ1) is 18.6. The summed E-state index contributed by atoms with van der Waals surface area (Å²) in [6, 6.07) is 15.4. The largest absolute Gasteiger partial charge is 0.336 e. The van der Waals surface area contributed by atoms with Gasteiger partial charge in [-0.25, -0.2) is 8.42 Å². The van der Waals surface area contributed by atoms with Crippen molar-refractivity contribution in [2.75, 3.05) is 13.1 Å². The number of nitrogens with two attached hydrogens (primary N) is 1. The fourth-order valence-electron chi connectivity index (χ4n) is 3.52. The van der Waals surface area contributed by atoms with Gasteiger partial charge in [0.15, 0.2) is 9.84 Å². The minimum Gasteiger partial charge on any atom is -0.336 e. The van der Waals surface area contributed by atoms with Crippen LogP contribution in [0.2, 0.25) is 0 Å². The standard InChI is InChI=1S/C20H24N2O3S/c1-15-11-16(12-21)13-22(15)20(23)19-10-6-5-7-17(19)14-26(24,25)18-8-3-2-4-9-18/h2-10,15-16H,11-14,21H2,1H3.